The number of aliphatic carboxylic acids is 2. The molecule has 0 bridgehead atoms. The van der Waals surface area contributed by atoms with Crippen LogP contribution in [-0.4, -0.2) is 73.3 Å². The number of nitrogens with zero attached hydrogens (tertiary/aromatic N) is 2. The fourth-order valence-corrected chi connectivity index (χ4v) is 7.20. The first-order valence-corrected chi connectivity index (χ1v) is 20.2. The number of hydrogen-bond acceptors (Lipinski definition) is 4. The summed E-state index contributed by atoms with van der Waals surface area (Å²) in [6, 6.07) is 0. The van der Waals surface area contributed by atoms with Crippen LogP contribution in [0, 0.1) is 0 Å². The molecular formula is C40H84N2O4. The zero-order valence-electron chi connectivity index (χ0n) is 32.7. The van der Waals surface area contributed by atoms with Crippen molar-refractivity contribution in [1.82, 2.24) is 0 Å². The Morgan fingerprint density at radius 3 is 0.739 bits per heavy atom. The van der Waals surface area contributed by atoms with E-state index >= 15 is 0 Å². The van der Waals surface area contributed by atoms with Gasteiger partial charge in [0.05, 0.1) is 52.4 Å². The van der Waals surface area contributed by atoms with Crippen LogP contribution in [0.4, 0.5) is 0 Å². The molecule has 0 fully saturated rings. The van der Waals surface area contributed by atoms with E-state index < -0.39 is 24.8 Å². The Morgan fingerprint density at radius 1 is 0.326 bits per heavy atom. The van der Waals surface area contributed by atoms with Gasteiger partial charge in [-0.25, -0.2) is 0 Å². The van der Waals surface area contributed by atoms with Crippen LogP contribution >= 0.6 is 0 Å². The lowest BCUT2D eigenvalue weighted by atomic mass is 10.1. The van der Waals surface area contributed by atoms with E-state index in [9.17, 15) is 19.8 Å². The van der Waals surface area contributed by atoms with Crippen LogP contribution in [0.5, 0.6) is 0 Å². The number of carboxylic acid groups (broad SMARTS) is 2. The van der Waals surface area contributed by atoms with Crippen molar-refractivity contribution < 1.29 is 28.8 Å². The molecule has 0 aromatic rings. The summed E-state index contributed by atoms with van der Waals surface area (Å²) in [6.07, 6.45) is 27.3. The summed E-state index contributed by atoms with van der Waals surface area (Å²) >= 11 is 0. The number of carbonyl (C=O) groups is 2. The molecule has 0 saturated heterocycles. The molecular weight excluding hydrogens is 572 g/mol. The van der Waals surface area contributed by atoms with Gasteiger partial charge in [0.25, 0.3) is 0 Å². The van der Waals surface area contributed by atoms with Crippen molar-refractivity contribution >= 4 is 11.9 Å². The summed E-state index contributed by atoms with van der Waals surface area (Å²) in [5, 5.41) is 19.0. The molecule has 0 heterocycles. The molecule has 0 radical (unpaired) electrons. The molecule has 0 saturated carbocycles. The first-order chi connectivity index (χ1) is 22.1. The van der Waals surface area contributed by atoms with Crippen LogP contribution in [0.2, 0.25) is 0 Å². The second-order valence-corrected chi connectivity index (χ2v) is 14.0. The molecule has 6 nitrogen and oxygen atoms in total. The third kappa shape index (κ3) is 32.8. The maximum absolute atomic E-state index is 9.50. The smallest absolute Gasteiger partial charge is 0.0786 e. The van der Waals surface area contributed by atoms with Crippen LogP contribution in [0.1, 0.15) is 197 Å². The molecule has 0 aliphatic heterocycles. The van der Waals surface area contributed by atoms with E-state index in [0.717, 1.165) is 0 Å². The minimum absolute atomic E-state index is 0.470. The molecule has 46 heavy (non-hydrogen) atoms. The van der Waals surface area contributed by atoms with E-state index in [2.05, 4.69) is 55.4 Å². The molecule has 0 unspecified atom stereocenters. The average Bonchev–Trinajstić information content (AvgIpc) is 3.01. The lowest BCUT2D eigenvalue weighted by Crippen LogP contribution is -2.50. The predicted octanol–water partition coefficient (Wildman–Crippen LogP) is 8.83. The van der Waals surface area contributed by atoms with Crippen molar-refractivity contribution in [2.45, 2.75) is 197 Å². The van der Waals surface area contributed by atoms with E-state index in [4.69, 9.17) is 0 Å². The van der Waals surface area contributed by atoms with Gasteiger partial charge in [0.2, 0.25) is 0 Å². The van der Waals surface area contributed by atoms with Crippen molar-refractivity contribution in [2.24, 2.45) is 0 Å². The van der Waals surface area contributed by atoms with E-state index in [1.165, 1.54) is 190 Å². The van der Waals surface area contributed by atoms with Crippen molar-refractivity contribution in [2.75, 3.05) is 52.4 Å². The lowest BCUT2D eigenvalue weighted by Gasteiger charge is -2.38. The van der Waals surface area contributed by atoms with Crippen molar-refractivity contribution in [1.29, 1.82) is 0 Å². The topological polar surface area (TPSA) is 80.3 Å². The van der Waals surface area contributed by atoms with Crippen molar-refractivity contribution in [3.8, 4) is 0 Å². The SMILES string of the molecule is CCCCCCCCC[N+](CCC)(CCC)CCC.CCCCCCCCC[N+](CCC)(CCC)CCC.O=C([O-])CCC(=O)[O-]. The molecule has 0 N–H and O–H groups in total. The van der Waals surface area contributed by atoms with E-state index in [0.29, 0.717) is 0 Å². The zero-order valence-corrected chi connectivity index (χ0v) is 32.7. The molecule has 0 amide bonds. The lowest BCUT2D eigenvalue weighted by molar-refractivity contribution is -0.928. The molecule has 0 aromatic carbocycles. The van der Waals surface area contributed by atoms with Crippen LogP contribution < -0.4 is 10.2 Å². The molecule has 0 aromatic heterocycles. The standard InChI is InChI=1S/2C18H40N.C4H6O4/c2*1-5-9-10-11-12-13-14-18-19(15-6-2,16-7-3)17-8-4;5-3(6)1-2-4(7)8/h2*5-18H2,1-4H3;1-2H2,(H,5,6)(H,7,8)/q2*+1;/p-2. The molecule has 6 heteroatoms. The molecule has 0 aliphatic rings. The Labute approximate surface area is 289 Å². The highest BCUT2D eigenvalue weighted by atomic mass is 16.4. The number of carboxylic acids is 2. The van der Waals surface area contributed by atoms with Gasteiger partial charge in [0.1, 0.15) is 0 Å². The normalized spacial score (nSPS) is 11.4. The zero-order chi connectivity index (χ0) is 35.4. The van der Waals surface area contributed by atoms with Crippen LogP contribution in [0.25, 0.3) is 0 Å². The Bertz CT molecular complexity index is 553. The van der Waals surface area contributed by atoms with Crippen molar-refractivity contribution in [3.63, 3.8) is 0 Å². The van der Waals surface area contributed by atoms with Crippen LogP contribution in [-0.2, 0) is 9.59 Å². The highest BCUT2D eigenvalue weighted by Crippen LogP contribution is 2.17. The van der Waals surface area contributed by atoms with Gasteiger partial charge in [-0.1, -0.05) is 120 Å². The van der Waals surface area contributed by atoms with Gasteiger partial charge in [-0.2, -0.15) is 0 Å². The van der Waals surface area contributed by atoms with Gasteiger partial charge in [-0.05, 0) is 77.0 Å². The minimum atomic E-state index is -1.37. The number of quaternary nitrogens is 2. The summed E-state index contributed by atoms with van der Waals surface area (Å²) in [4.78, 5) is 19.0. The van der Waals surface area contributed by atoms with Gasteiger partial charge >= 0.3 is 0 Å². The third-order valence-electron chi connectivity index (χ3n) is 9.19. The van der Waals surface area contributed by atoms with E-state index in [1.54, 1.807) is 0 Å². The average molecular weight is 657 g/mol. The summed E-state index contributed by atoms with van der Waals surface area (Å²) < 4.78 is 2.80. The number of hydrogen-bond donors (Lipinski definition) is 0. The first kappa shape index (κ1) is 49.2. The highest BCUT2D eigenvalue weighted by molar-refractivity contribution is 5.72. The van der Waals surface area contributed by atoms with E-state index in [1.807, 2.05) is 0 Å². The number of rotatable bonds is 31. The van der Waals surface area contributed by atoms with Crippen molar-refractivity contribution in [3.05, 3.63) is 0 Å². The molecule has 0 aliphatic carbocycles. The maximum Gasteiger partial charge on any atom is 0.0786 e. The number of carbonyl (C=O) groups excluding carboxylic acids is 2. The minimum Gasteiger partial charge on any atom is -0.550 e. The molecule has 278 valence electrons. The number of unbranched alkanes of at least 4 members (excludes halogenated alkanes) is 12. The summed E-state index contributed by atoms with van der Waals surface area (Å²) in [7, 11) is 0. The Kier molecular flexibility index (Phi) is 39.3. The van der Waals surface area contributed by atoms with Gasteiger partial charge in [0.15, 0.2) is 0 Å². The quantitative estimate of drug-likeness (QED) is 0.0552. The first-order valence-electron chi connectivity index (χ1n) is 20.2. The highest BCUT2D eigenvalue weighted by Gasteiger charge is 2.24. The Hall–Kier alpha value is -1.14. The van der Waals surface area contributed by atoms with Crippen LogP contribution in [0.15, 0.2) is 0 Å². The van der Waals surface area contributed by atoms with Crippen LogP contribution in [0.3, 0.4) is 0 Å². The molecule has 0 atom stereocenters. The monoisotopic (exact) mass is 657 g/mol. The summed E-state index contributed by atoms with van der Waals surface area (Å²) in [6.45, 7) is 30.0. The van der Waals surface area contributed by atoms with Gasteiger partial charge in [-0.3, -0.25) is 0 Å². The second kappa shape index (κ2) is 36.7. The van der Waals surface area contributed by atoms with Gasteiger partial charge in [-0.15, -0.1) is 0 Å². The van der Waals surface area contributed by atoms with Gasteiger partial charge in [0, 0.05) is 11.9 Å². The largest absolute Gasteiger partial charge is 0.550 e. The fourth-order valence-electron chi connectivity index (χ4n) is 7.20. The Balaban J connectivity index is -0.000000653. The van der Waals surface area contributed by atoms with E-state index in [-0.39, 0.29) is 0 Å². The van der Waals surface area contributed by atoms with Gasteiger partial charge < -0.3 is 28.8 Å². The maximum atomic E-state index is 9.50. The summed E-state index contributed by atoms with van der Waals surface area (Å²) in [5.74, 6) is -2.73. The summed E-state index contributed by atoms with van der Waals surface area (Å²) in [5.41, 5.74) is 0. The predicted molar refractivity (Wildman–Crippen MR) is 196 cm³/mol. The second-order valence-electron chi connectivity index (χ2n) is 14.0. The Morgan fingerprint density at radius 2 is 0.543 bits per heavy atom. The molecule has 0 spiro atoms. The third-order valence-corrected chi connectivity index (χ3v) is 9.19. The molecule has 0 rings (SSSR count). The fraction of sp³-hybridized carbons (Fsp3) is 0.950.